The fourth-order valence-corrected chi connectivity index (χ4v) is 2.85. The lowest BCUT2D eigenvalue weighted by atomic mass is 10.2. The second-order valence-corrected chi connectivity index (χ2v) is 5.50. The highest BCUT2D eigenvalue weighted by Crippen LogP contribution is 2.21. The molecule has 108 valence electrons. The van der Waals surface area contributed by atoms with E-state index in [1.165, 1.54) is 11.3 Å². The monoisotopic (exact) mass is 315 g/mol. The molecule has 0 saturated carbocycles. The van der Waals surface area contributed by atoms with E-state index in [0.29, 0.717) is 23.6 Å². The van der Waals surface area contributed by atoms with Crippen molar-refractivity contribution in [3.05, 3.63) is 22.4 Å². The maximum atomic E-state index is 12.0. The topological polar surface area (TPSA) is 83.7 Å². The number of carboxylic acid groups (broad SMARTS) is 1. The molecule has 2 aromatic heterocycles. The normalized spacial score (nSPS) is 10.8. The minimum absolute atomic E-state index is 0.165. The quantitative estimate of drug-likeness (QED) is 0.769. The van der Waals surface area contributed by atoms with Crippen molar-refractivity contribution in [2.24, 2.45) is 0 Å². The van der Waals surface area contributed by atoms with Gasteiger partial charge in [0.05, 0.1) is 0 Å². The second-order valence-electron chi connectivity index (χ2n) is 4.27. The zero-order valence-corrected chi connectivity index (χ0v) is 12.2. The first-order chi connectivity index (χ1) is 9.59. The van der Waals surface area contributed by atoms with Crippen LogP contribution in [0.5, 0.6) is 0 Å². The van der Waals surface area contributed by atoms with Gasteiger partial charge in [0.2, 0.25) is 0 Å². The Hall–Kier alpha value is -1.60. The highest BCUT2D eigenvalue weighted by Gasteiger charge is 2.18. The van der Waals surface area contributed by atoms with E-state index in [0.717, 1.165) is 12.8 Å². The Morgan fingerprint density at radius 3 is 2.95 bits per heavy atom. The summed E-state index contributed by atoms with van der Waals surface area (Å²) in [5.41, 5.74) is 0.341. The molecule has 2 N–H and O–H groups in total. The van der Waals surface area contributed by atoms with E-state index in [1.54, 1.807) is 10.6 Å². The van der Waals surface area contributed by atoms with Gasteiger partial charge in [-0.3, -0.25) is 14.0 Å². The minimum atomic E-state index is -0.792. The van der Waals surface area contributed by atoms with Crippen LogP contribution >= 0.6 is 22.9 Å². The van der Waals surface area contributed by atoms with Crippen molar-refractivity contribution in [1.29, 1.82) is 0 Å². The van der Waals surface area contributed by atoms with Gasteiger partial charge in [-0.1, -0.05) is 18.0 Å². The third-order valence-corrected chi connectivity index (χ3v) is 3.81. The summed E-state index contributed by atoms with van der Waals surface area (Å²) >= 11 is 7.36. The molecule has 0 aromatic carbocycles. The molecule has 2 heterocycles. The number of hydrogen-bond acceptors (Lipinski definition) is 4. The van der Waals surface area contributed by atoms with Crippen molar-refractivity contribution in [3.63, 3.8) is 0 Å². The fraction of sp³-hybridized carbons (Fsp3) is 0.417. The minimum Gasteiger partial charge on any atom is -0.481 e. The van der Waals surface area contributed by atoms with E-state index < -0.39 is 5.97 Å². The largest absolute Gasteiger partial charge is 0.481 e. The molecule has 0 radical (unpaired) electrons. The number of nitrogens with zero attached hydrogens (tertiary/aromatic N) is 2. The predicted octanol–water partition coefficient (Wildman–Crippen LogP) is 2.42. The van der Waals surface area contributed by atoms with E-state index in [1.807, 2.05) is 5.38 Å². The molecule has 0 aliphatic carbocycles. The van der Waals surface area contributed by atoms with Gasteiger partial charge >= 0.3 is 5.97 Å². The molecule has 0 unspecified atom stereocenters. The second kappa shape index (κ2) is 6.71. The third kappa shape index (κ3) is 3.49. The molecule has 8 heteroatoms. The summed E-state index contributed by atoms with van der Waals surface area (Å²) < 4.78 is 1.66. The summed E-state index contributed by atoms with van der Waals surface area (Å²) in [5.74, 6) is -1.06. The molecule has 0 spiro atoms. The summed E-state index contributed by atoms with van der Waals surface area (Å²) in [6, 6.07) is 0. The first-order valence-electron chi connectivity index (χ1n) is 6.20. The Balaban J connectivity index is 1.82. The Morgan fingerprint density at radius 1 is 1.40 bits per heavy atom. The molecule has 20 heavy (non-hydrogen) atoms. The molecule has 2 rings (SSSR count). The van der Waals surface area contributed by atoms with Gasteiger partial charge in [0.25, 0.3) is 5.91 Å². The van der Waals surface area contributed by atoms with Crippen LogP contribution in [0.3, 0.4) is 0 Å². The van der Waals surface area contributed by atoms with Gasteiger partial charge in [-0.2, -0.15) is 0 Å². The summed E-state index contributed by atoms with van der Waals surface area (Å²) in [6.07, 6.45) is 4.04. The molecule has 6 nitrogen and oxygen atoms in total. The molecule has 0 atom stereocenters. The Bertz CT molecular complexity index is 623. The lowest BCUT2D eigenvalue weighted by Crippen LogP contribution is -2.25. The van der Waals surface area contributed by atoms with Gasteiger partial charge in [0.1, 0.15) is 0 Å². The number of carbonyl (C=O) groups excluding carboxylic acids is 1. The van der Waals surface area contributed by atoms with Crippen LogP contribution in [0.1, 0.15) is 36.2 Å². The van der Waals surface area contributed by atoms with Crippen LogP contribution in [0.25, 0.3) is 4.96 Å². The molecule has 1 amide bonds. The summed E-state index contributed by atoms with van der Waals surface area (Å²) in [6.45, 7) is 0.492. The first-order valence-corrected chi connectivity index (χ1v) is 7.46. The van der Waals surface area contributed by atoms with Crippen molar-refractivity contribution in [3.8, 4) is 0 Å². The summed E-state index contributed by atoms with van der Waals surface area (Å²) in [7, 11) is 0. The van der Waals surface area contributed by atoms with Gasteiger partial charge in [0, 0.05) is 24.5 Å². The Morgan fingerprint density at radius 2 is 2.20 bits per heavy atom. The van der Waals surface area contributed by atoms with E-state index in [4.69, 9.17) is 16.7 Å². The number of aliphatic carboxylic acids is 1. The third-order valence-electron chi connectivity index (χ3n) is 2.79. The van der Waals surface area contributed by atoms with Gasteiger partial charge in [-0.15, -0.1) is 11.3 Å². The van der Waals surface area contributed by atoms with Gasteiger partial charge in [0.15, 0.2) is 15.8 Å². The molecule has 2 aromatic rings. The van der Waals surface area contributed by atoms with Crippen LogP contribution in [0, 0.1) is 0 Å². The van der Waals surface area contributed by atoms with Gasteiger partial charge in [-0.05, 0) is 12.8 Å². The maximum absolute atomic E-state index is 12.0. The number of amides is 1. The number of halogens is 1. The van der Waals surface area contributed by atoms with Crippen molar-refractivity contribution in [2.45, 2.75) is 25.7 Å². The predicted molar refractivity (Wildman–Crippen MR) is 76.5 cm³/mol. The molecule has 0 aliphatic rings. The van der Waals surface area contributed by atoms with Crippen LogP contribution in [0.2, 0.25) is 5.15 Å². The van der Waals surface area contributed by atoms with Crippen LogP contribution < -0.4 is 5.32 Å². The highest BCUT2D eigenvalue weighted by molar-refractivity contribution is 7.15. The molecule has 0 saturated heterocycles. The average Bonchev–Trinajstić information content (AvgIpc) is 2.92. The number of hydrogen-bond donors (Lipinski definition) is 2. The van der Waals surface area contributed by atoms with Crippen LogP contribution in [0.4, 0.5) is 0 Å². The lowest BCUT2D eigenvalue weighted by molar-refractivity contribution is -0.137. The van der Waals surface area contributed by atoms with Crippen molar-refractivity contribution in [1.82, 2.24) is 14.7 Å². The fourth-order valence-electron chi connectivity index (χ4n) is 1.83. The summed E-state index contributed by atoms with van der Waals surface area (Å²) in [5, 5.41) is 13.3. The highest BCUT2D eigenvalue weighted by atomic mass is 35.5. The molecular formula is C12H14ClN3O3S. The van der Waals surface area contributed by atoms with Gasteiger partial charge in [-0.25, -0.2) is 4.98 Å². The average molecular weight is 316 g/mol. The lowest BCUT2D eigenvalue weighted by Gasteiger charge is -2.04. The zero-order valence-electron chi connectivity index (χ0n) is 10.6. The Kier molecular flexibility index (Phi) is 4.97. The number of rotatable bonds is 7. The van der Waals surface area contributed by atoms with Crippen LogP contribution in [0.15, 0.2) is 11.6 Å². The van der Waals surface area contributed by atoms with Crippen molar-refractivity contribution >= 4 is 39.8 Å². The number of fused-ring (bicyclic) bond motifs is 1. The molecule has 0 bridgehead atoms. The Labute approximate surface area is 124 Å². The van der Waals surface area contributed by atoms with E-state index in [2.05, 4.69) is 10.3 Å². The molecular weight excluding hydrogens is 302 g/mol. The number of carboxylic acids is 1. The van der Waals surface area contributed by atoms with Crippen molar-refractivity contribution in [2.75, 3.05) is 6.54 Å². The van der Waals surface area contributed by atoms with Gasteiger partial charge < -0.3 is 10.4 Å². The van der Waals surface area contributed by atoms with E-state index in [-0.39, 0.29) is 17.5 Å². The van der Waals surface area contributed by atoms with Crippen molar-refractivity contribution < 1.29 is 14.7 Å². The smallest absolute Gasteiger partial charge is 0.303 e. The number of imidazole rings is 1. The number of nitrogens with one attached hydrogen (secondary N) is 1. The number of thiazole rings is 1. The SMILES string of the molecule is O=C(O)CCCCCNC(=O)c1c(Cl)nc2sccn12. The summed E-state index contributed by atoms with van der Waals surface area (Å²) in [4.78, 5) is 27.1. The van der Waals surface area contributed by atoms with Crippen LogP contribution in [-0.2, 0) is 4.79 Å². The van der Waals surface area contributed by atoms with E-state index in [9.17, 15) is 9.59 Å². The number of unbranched alkanes of at least 4 members (excludes halogenated alkanes) is 2. The first kappa shape index (κ1) is 14.8. The molecule has 0 aliphatic heterocycles. The van der Waals surface area contributed by atoms with E-state index >= 15 is 0 Å². The van der Waals surface area contributed by atoms with Crippen LogP contribution in [-0.4, -0.2) is 32.9 Å². The molecule has 0 fully saturated rings. The zero-order chi connectivity index (χ0) is 14.5. The maximum Gasteiger partial charge on any atom is 0.303 e. The standard InChI is InChI=1S/C12H14ClN3O3S/c13-10-9(16-6-7-20-12(16)15-10)11(19)14-5-3-1-2-4-8(17)18/h6-7H,1-5H2,(H,14,19)(H,17,18). The number of aromatic nitrogens is 2. The number of carbonyl (C=O) groups is 2.